The summed E-state index contributed by atoms with van der Waals surface area (Å²) < 4.78 is 4.37. The van der Waals surface area contributed by atoms with Crippen LogP contribution in [0.5, 0.6) is 0 Å². The molecule has 7 heteroatoms. The lowest BCUT2D eigenvalue weighted by Crippen LogP contribution is -2.08. The molecule has 0 fully saturated rings. The fourth-order valence-corrected chi connectivity index (χ4v) is 5.18. The molecule has 0 N–H and O–H groups in total. The van der Waals surface area contributed by atoms with Gasteiger partial charge in [-0.15, -0.1) is 10.2 Å². The van der Waals surface area contributed by atoms with Crippen LogP contribution in [-0.4, -0.2) is 24.3 Å². The van der Waals surface area contributed by atoms with E-state index >= 15 is 0 Å². The van der Waals surface area contributed by atoms with Crippen LogP contribution in [0.15, 0.2) is 78.0 Å². The molecule has 5 nitrogen and oxygen atoms in total. The SMILES string of the molecule is Cc1ccc(-n2c(C)nnc2S[C@@H](C)c2nc3cc(Cl)ccc3n2Cc2ccccc2)cc1. The molecule has 0 amide bonds. The Morgan fingerprint density at radius 2 is 1.70 bits per heavy atom. The van der Waals surface area contributed by atoms with Crippen LogP contribution in [0, 0.1) is 13.8 Å². The Kier molecular flexibility index (Phi) is 5.96. The van der Waals surface area contributed by atoms with Gasteiger partial charge in [-0.2, -0.15) is 0 Å². The second kappa shape index (κ2) is 9.04. The Labute approximate surface area is 202 Å². The molecule has 0 saturated carbocycles. The first-order valence-corrected chi connectivity index (χ1v) is 12.1. The zero-order valence-corrected chi connectivity index (χ0v) is 20.3. The number of hydrogen-bond donors (Lipinski definition) is 0. The molecule has 0 bridgehead atoms. The monoisotopic (exact) mass is 473 g/mol. The van der Waals surface area contributed by atoms with Crippen molar-refractivity contribution in [1.82, 2.24) is 24.3 Å². The molecular formula is C26H24ClN5S. The quantitative estimate of drug-likeness (QED) is 0.255. The van der Waals surface area contributed by atoms with Crippen molar-refractivity contribution in [3.8, 4) is 5.69 Å². The van der Waals surface area contributed by atoms with Gasteiger partial charge in [0.05, 0.1) is 16.3 Å². The first-order chi connectivity index (χ1) is 16.0. The lowest BCUT2D eigenvalue weighted by Gasteiger charge is -2.15. The predicted molar refractivity (Wildman–Crippen MR) is 135 cm³/mol. The summed E-state index contributed by atoms with van der Waals surface area (Å²) in [6.45, 7) is 6.97. The minimum absolute atomic E-state index is 0.0488. The number of rotatable bonds is 6. The molecule has 1 atom stereocenters. The molecule has 0 aliphatic carbocycles. The normalized spacial score (nSPS) is 12.4. The van der Waals surface area contributed by atoms with Gasteiger partial charge < -0.3 is 4.57 Å². The molecule has 5 rings (SSSR count). The van der Waals surface area contributed by atoms with E-state index in [1.165, 1.54) is 11.1 Å². The van der Waals surface area contributed by atoms with Crippen molar-refractivity contribution in [2.45, 2.75) is 37.7 Å². The molecule has 2 heterocycles. The van der Waals surface area contributed by atoms with Crippen LogP contribution >= 0.6 is 23.4 Å². The van der Waals surface area contributed by atoms with E-state index in [9.17, 15) is 0 Å². The first kappa shape index (κ1) is 21.7. The Morgan fingerprint density at radius 3 is 2.45 bits per heavy atom. The minimum Gasteiger partial charge on any atom is -0.323 e. The Bertz CT molecular complexity index is 1410. The van der Waals surface area contributed by atoms with E-state index in [0.29, 0.717) is 5.02 Å². The number of aryl methyl sites for hydroxylation is 2. The van der Waals surface area contributed by atoms with Crippen molar-refractivity contribution in [1.29, 1.82) is 0 Å². The number of hydrogen-bond acceptors (Lipinski definition) is 4. The van der Waals surface area contributed by atoms with E-state index in [0.717, 1.165) is 40.1 Å². The average molecular weight is 474 g/mol. The van der Waals surface area contributed by atoms with Crippen LogP contribution in [0.4, 0.5) is 0 Å². The molecule has 166 valence electrons. The number of benzene rings is 3. The maximum Gasteiger partial charge on any atom is 0.196 e. The van der Waals surface area contributed by atoms with Gasteiger partial charge in [-0.25, -0.2) is 4.98 Å². The Hall–Kier alpha value is -3.09. The zero-order valence-electron chi connectivity index (χ0n) is 18.7. The molecule has 0 spiro atoms. The highest BCUT2D eigenvalue weighted by Gasteiger charge is 2.22. The third-order valence-electron chi connectivity index (χ3n) is 5.66. The summed E-state index contributed by atoms with van der Waals surface area (Å²) in [4.78, 5) is 4.99. The Balaban J connectivity index is 1.54. The second-order valence-corrected chi connectivity index (χ2v) is 9.88. The average Bonchev–Trinajstić information content (AvgIpc) is 3.35. The van der Waals surface area contributed by atoms with Crippen LogP contribution in [0.2, 0.25) is 5.02 Å². The summed E-state index contributed by atoms with van der Waals surface area (Å²) in [5.74, 6) is 1.84. The van der Waals surface area contributed by atoms with E-state index in [-0.39, 0.29) is 5.25 Å². The van der Waals surface area contributed by atoms with E-state index in [4.69, 9.17) is 16.6 Å². The number of imidazole rings is 1. The molecule has 0 saturated heterocycles. The van der Waals surface area contributed by atoms with Crippen LogP contribution in [0.1, 0.15) is 34.9 Å². The summed E-state index contributed by atoms with van der Waals surface area (Å²) in [6.07, 6.45) is 0. The van der Waals surface area contributed by atoms with Gasteiger partial charge in [0.15, 0.2) is 5.16 Å². The van der Waals surface area contributed by atoms with Gasteiger partial charge in [0.2, 0.25) is 0 Å². The van der Waals surface area contributed by atoms with Gasteiger partial charge in [-0.3, -0.25) is 4.57 Å². The second-order valence-electron chi connectivity index (χ2n) is 8.14. The summed E-state index contributed by atoms with van der Waals surface area (Å²) in [5.41, 5.74) is 5.48. The maximum absolute atomic E-state index is 6.28. The van der Waals surface area contributed by atoms with Gasteiger partial charge in [0.25, 0.3) is 0 Å². The first-order valence-electron chi connectivity index (χ1n) is 10.8. The van der Waals surface area contributed by atoms with Crippen molar-refractivity contribution < 1.29 is 0 Å². The molecular weight excluding hydrogens is 450 g/mol. The highest BCUT2D eigenvalue weighted by atomic mass is 35.5. The highest BCUT2D eigenvalue weighted by Crippen LogP contribution is 2.37. The third kappa shape index (κ3) is 4.41. The molecule has 3 aromatic carbocycles. The van der Waals surface area contributed by atoms with E-state index in [1.807, 2.05) is 31.2 Å². The van der Waals surface area contributed by atoms with E-state index in [1.54, 1.807) is 11.8 Å². The van der Waals surface area contributed by atoms with Crippen LogP contribution in [0.3, 0.4) is 0 Å². The molecule has 0 aliphatic rings. The van der Waals surface area contributed by atoms with Crippen molar-refractivity contribution >= 4 is 34.4 Å². The fraction of sp³-hybridized carbons (Fsp3) is 0.192. The lowest BCUT2D eigenvalue weighted by atomic mass is 10.2. The smallest absolute Gasteiger partial charge is 0.196 e. The van der Waals surface area contributed by atoms with Gasteiger partial charge in [-0.1, -0.05) is 71.4 Å². The summed E-state index contributed by atoms with van der Waals surface area (Å²) in [6, 6.07) is 24.8. The van der Waals surface area contributed by atoms with Crippen LogP contribution < -0.4 is 0 Å². The lowest BCUT2D eigenvalue weighted by molar-refractivity contribution is 0.742. The molecule has 33 heavy (non-hydrogen) atoms. The molecule has 0 aliphatic heterocycles. The van der Waals surface area contributed by atoms with Crippen molar-refractivity contribution in [2.75, 3.05) is 0 Å². The Morgan fingerprint density at radius 1 is 0.939 bits per heavy atom. The number of aromatic nitrogens is 5. The molecule has 0 radical (unpaired) electrons. The largest absolute Gasteiger partial charge is 0.323 e. The highest BCUT2D eigenvalue weighted by molar-refractivity contribution is 7.99. The molecule has 2 aromatic heterocycles. The van der Waals surface area contributed by atoms with Crippen molar-refractivity contribution in [3.05, 3.63) is 101 Å². The summed E-state index contributed by atoms with van der Waals surface area (Å²) in [7, 11) is 0. The summed E-state index contributed by atoms with van der Waals surface area (Å²) >= 11 is 7.94. The molecule has 5 aromatic rings. The van der Waals surface area contributed by atoms with Gasteiger partial charge in [-0.05, 0) is 56.7 Å². The van der Waals surface area contributed by atoms with Crippen molar-refractivity contribution in [3.63, 3.8) is 0 Å². The topological polar surface area (TPSA) is 48.5 Å². The summed E-state index contributed by atoms with van der Waals surface area (Å²) in [5, 5.41) is 10.4. The maximum atomic E-state index is 6.28. The standard InChI is InChI=1S/C26H24ClN5S/c1-17-9-12-22(13-10-17)32-19(3)29-30-26(32)33-18(2)25-28-23-15-21(27)11-14-24(23)31(25)16-20-7-5-4-6-8-20/h4-15,18H,16H2,1-3H3/t18-/m0/s1. The minimum atomic E-state index is 0.0488. The van der Waals surface area contributed by atoms with Crippen LogP contribution in [-0.2, 0) is 6.54 Å². The number of halogens is 1. The fourth-order valence-electron chi connectivity index (χ4n) is 3.99. The van der Waals surface area contributed by atoms with E-state index < -0.39 is 0 Å². The number of fused-ring (bicyclic) bond motifs is 1. The van der Waals surface area contributed by atoms with Crippen molar-refractivity contribution in [2.24, 2.45) is 0 Å². The zero-order chi connectivity index (χ0) is 22.9. The van der Waals surface area contributed by atoms with Crippen LogP contribution in [0.25, 0.3) is 16.7 Å². The van der Waals surface area contributed by atoms with Gasteiger partial charge >= 0.3 is 0 Å². The number of thioether (sulfide) groups is 1. The third-order valence-corrected chi connectivity index (χ3v) is 6.93. The predicted octanol–water partition coefficient (Wildman–Crippen LogP) is 6.79. The number of nitrogens with zero attached hydrogens (tertiary/aromatic N) is 5. The molecule has 0 unspecified atom stereocenters. The van der Waals surface area contributed by atoms with Gasteiger partial charge in [0, 0.05) is 17.3 Å². The van der Waals surface area contributed by atoms with E-state index in [2.05, 4.69) is 81.7 Å². The van der Waals surface area contributed by atoms with Gasteiger partial charge in [0.1, 0.15) is 11.6 Å².